The van der Waals surface area contributed by atoms with Gasteiger partial charge in [0.25, 0.3) is 0 Å². The molecule has 0 aromatic carbocycles. The van der Waals surface area contributed by atoms with Gasteiger partial charge < -0.3 is 10.8 Å². The number of allylic oxidation sites excluding steroid dienone is 1. The number of nitrogen functional groups attached to an aromatic ring is 1. The number of hydrogen-bond acceptors (Lipinski definition) is 4. The quantitative estimate of drug-likeness (QED) is 0.823. The number of carboxylic acids is 1. The van der Waals surface area contributed by atoms with Gasteiger partial charge >= 0.3 is 5.97 Å². The first-order valence-electron chi connectivity index (χ1n) is 6.19. The van der Waals surface area contributed by atoms with Gasteiger partial charge in [-0.2, -0.15) is 0 Å². The van der Waals surface area contributed by atoms with E-state index in [0.717, 1.165) is 0 Å². The van der Waals surface area contributed by atoms with E-state index in [4.69, 9.17) is 5.73 Å². The van der Waals surface area contributed by atoms with Crippen molar-refractivity contribution in [3.8, 4) is 0 Å². The first kappa shape index (κ1) is 11.7. The second-order valence-electron chi connectivity index (χ2n) is 5.49. The largest absolute Gasteiger partial charge is 0.478 e. The fourth-order valence-electron chi connectivity index (χ4n) is 3.43. The maximum Gasteiger partial charge on any atom is 0.337 e. The van der Waals surface area contributed by atoms with E-state index in [1.165, 1.54) is 30.6 Å². The van der Waals surface area contributed by atoms with Gasteiger partial charge in [-0.05, 0) is 30.1 Å². The normalized spacial score (nSPS) is 34.4. The Bertz CT molecular complexity index is 537. The molecule has 3 unspecified atom stereocenters. The Morgan fingerprint density at radius 1 is 1.72 bits per heavy atom. The van der Waals surface area contributed by atoms with Crippen LogP contribution in [0.2, 0.25) is 0 Å². The monoisotopic (exact) mass is 264 g/mol. The lowest BCUT2D eigenvalue weighted by atomic mass is 10.00. The topological polar surface area (TPSA) is 76.2 Å². The van der Waals surface area contributed by atoms with Crippen LogP contribution in [0.1, 0.15) is 31.9 Å². The summed E-state index contributed by atoms with van der Waals surface area (Å²) in [6, 6.07) is 0. The molecule has 0 amide bonds. The smallest absolute Gasteiger partial charge is 0.337 e. The van der Waals surface area contributed by atoms with Crippen molar-refractivity contribution in [2.45, 2.75) is 26.2 Å². The SMILES string of the molecule is CC12CCCC1C2/C=C(\C(=O)O)c1csc(N)n1. The average molecular weight is 264 g/mol. The molecule has 3 N–H and O–H groups in total. The van der Waals surface area contributed by atoms with Crippen LogP contribution in [0, 0.1) is 17.3 Å². The van der Waals surface area contributed by atoms with Crippen molar-refractivity contribution in [2.75, 3.05) is 5.73 Å². The van der Waals surface area contributed by atoms with E-state index in [-0.39, 0.29) is 0 Å². The summed E-state index contributed by atoms with van der Waals surface area (Å²) in [5.74, 6) is 0.164. The van der Waals surface area contributed by atoms with Crippen LogP contribution < -0.4 is 5.73 Å². The van der Waals surface area contributed by atoms with Gasteiger partial charge in [-0.3, -0.25) is 0 Å². The Kier molecular flexibility index (Phi) is 2.48. The van der Waals surface area contributed by atoms with Crippen molar-refractivity contribution < 1.29 is 9.90 Å². The molecule has 1 aromatic heterocycles. The highest BCUT2D eigenvalue weighted by molar-refractivity contribution is 7.13. The van der Waals surface area contributed by atoms with Crippen LogP contribution in [-0.4, -0.2) is 16.1 Å². The molecule has 4 nitrogen and oxygen atoms in total. The molecule has 0 saturated heterocycles. The van der Waals surface area contributed by atoms with Gasteiger partial charge in [-0.25, -0.2) is 9.78 Å². The summed E-state index contributed by atoms with van der Waals surface area (Å²) in [4.78, 5) is 15.4. The van der Waals surface area contributed by atoms with Crippen LogP contribution in [0.25, 0.3) is 5.57 Å². The molecule has 2 aliphatic carbocycles. The molecule has 3 atom stereocenters. The summed E-state index contributed by atoms with van der Waals surface area (Å²) in [6.07, 6.45) is 5.62. The van der Waals surface area contributed by atoms with Gasteiger partial charge in [0, 0.05) is 5.38 Å². The average Bonchev–Trinajstić information content (AvgIpc) is 2.71. The standard InChI is InChI=1S/C13H16N2O2S/c1-13-4-2-3-8(13)9(13)5-7(11(16)17)10-6-18-12(14)15-10/h5-6,8-9H,2-4H2,1H3,(H2,14,15)(H,16,17)/b7-5-. The van der Waals surface area contributed by atoms with E-state index >= 15 is 0 Å². The predicted molar refractivity (Wildman–Crippen MR) is 71.1 cm³/mol. The molecule has 2 saturated carbocycles. The van der Waals surface area contributed by atoms with Crippen LogP contribution >= 0.6 is 11.3 Å². The Hall–Kier alpha value is -1.36. The molecule has 1 aromatic rings. The van der Waals surface area contributed by atoms with Crippen molar-refractivity contribution in [1.29, 1.82) is 0 Å². The van der Waals surface area contributed by atoms with Crippen LogP contribution in [0.5, 0.6) is 0 Å². The number of carboxylic acid groups (broad SMARTS) is 1. The van der Waals surface area contributed by atoms with Crippen LogP contribution in [-0.2, 0) is 4.79 Å². The number of rotatable bonds is 3. The summed E-state index contributed by atoms with van der Waals surface area (Å²) < 4.78 is 0. The summed E-state index contributed by atoms with van der Waals surface area (Å²) in [5, 5.41) is 11.4. The molecule has 1 heterocycles. The van der Waals surface area contributed by atoms with E-state index in [2.05, 4.69) is 11.9 Å². The van der Waals surface area contributed by atoms with E-state index < -0.39 is 5.97 Å². The summed E-state index contributed by atoms with van der Waals surface area (Å²) in [7, 11) is 0. The Morgan fingerprint density at radius 3 is 3.00 bits per heavy atom. The van der Waals surface area contributed by atoms with Gasteiger partial charge in [0.2, 0.25) is 0 Å². The number of hydrogen-bond donors (Lipinski definition) is 2. The summed E-state index contributed by atoms with van der Waals surface area (Å²) >= 11 is 1.28. The van der Waals surface area contributed by atoms with E-state index in [9.17, 15) is 9.90 Å². The number of nitrogens with zero attached hydrogens (tertiary/aromatic N) is 1. The fraction of sp³-hybridized carbons (Fsp3) is 0.538. The van der Waals surface area contributed by atoms with Crippen molar-refractivity contribution >= 4 is 28.0 Å². The second-order valence-corrected chi connectivity index (χ2v) is 6.38. The van der Waals surface area contributed by atoms with Crippen LogP contribution in [0.4, 0.5) is 5.13 Å². The molecule has 0 radical (unpaired) electrons. The third-order valence-electron chi connectivity index (χ3n) is 4.54. The molecule has 5 heteroatoms. The zero-order valence-electron chi connectivity index (χ0n) is 10.2. The van der Waals surface area contributed by atoms with Crippen LogP contribution in [0.15, 0.2) is 11.5 Å². The van der Waals surface area contributed by atoms with E-state index in [0.29, 0.717) is 33.6 Å². The third kappa shape index (κ3) is 1.65. The highest BCUT2D eigenvalue weighted by Gasteiger charge is 2.61. The number of thiazole rings is 1. The first-order chi connectivity index (χ1) is 8.52. The molecular formula is C13H16N2O2S. The third-order valence-corrected chi connectivity index (χ3v) is 5.21. The number of aliphatic carboxylic acids is 1. The summed E-state index contributed by atoms with van der Waals surface area (Å²) in [6.45, 7) is 2.26. The molecule has 0 bridgehead atoms. The second kappa shape index (κ2) is 3.82. The zero-order chi connectivity index (χ0) is 12.9. The molecular weight excluding hydrogens is 248 g/mol. The Labute approximate surface area is 110 Å². The molecule has 2 fully saturated rings. The number of carbonyl (C=O) groups is 1. The Morgan fingerprint density at radius 2 is 2.50 bits per heavy atom. The lowest BCUT2D eigenvalue weighted by Crippen LogP contribution is -2.03. The number of nitrogens with two attached hydrogens (primary N) is 1. The van der Waals surface area contributed by atoms with Gasteiger partial charge in [-0.1, -0.05) is 19.4 Å². The fourth-order valence-corrected chi connectivity index (χ4v) is 3.99. The van der Waals surface area contributed by atoms with E-state index in [1.54, 1.807) is 5.38 Å². The molecule has 96 valence electrons. The van der Waals surface area contributed by atoms with Crippen LogP contribution in [0.3, 0.4) is 0 Å². The first-order valence-corrected chi connectivity index (χ1v) is 7.07. The molecule has 18 heavy (non-hydrogen) atoms. The highest BCUT2D eigenvalue weighted by atomic mass is 32.1. The Balaban J connectivity index is 1.90. The maximum absolute atomic E-state index is 11.4. The van der Waals surface area contributed by atoms with E-state index in [1.807, 2.05) is 6.08 Å². The van der Waals surface area contributed by atoms with Crippen molar-refractivity contribution in [2.24, 2.45) is 17.3 Å². The van der Waals surface area contributed by atoms with Crippen molar-refractivity contribution in [1.82, 2.24) is 4.98 Å². The minimum Gasteiger partial charge on any atom is -0.478 e. The van der Waals surface area contributed by atoms with Gasteiger partial charge in [0.05, 0.1) is 11.3 Å². The summed E-state index contributed by atoms with van der Waals surface area (Å²) in [5.41, 5.74) is 6.71. The highest BCUT2D eigenvalue weighted by Crippen LogP contribution is 2.69. The molecule has 0 aliphatic heterocycles. The lowest BCUT2D eigenvalue weighted by molar-refractivity contribution is -0.130. The molecule has 0 spiro atoms. The lowest BCUT2D eigenvalue weighted by Gasteiger charge is -2.05. The number of aromatic nitrogens is 1. The van der Waals surface area contributed by atoms with Gasteiger partial charge in [0.15, 0.2) is 5.13 Å². The number of anilines is 1. The van der Waals surface area contributed by atoms with Gasteiger partial charge in [0.1, 0.15) is 0 Å². The zero-order valence-corrected chi connectivity index (χ0v) is 11.0. The van der Waals surface area contributed by atoms with Crippen molar-refractivity contribution in [3.05, 3.63) is 17.2 Å². The van der Waals surface area contributed by atoms with Gasteiger partial charge in [-0.15, -0.1) is 11.3 Å². The number of fused-ring (bicyclic) bond motifs is 1. The minimum absolute atomic E-state index is 0.309. The molecule has 2 aliphatic rings. The van der Waals surface area contributed by atoms with Crippen molar-refractivity contribution in [3.63, 3.8) is 0 Å². The molecule has 3 rings (SSSR count). The maximum atomic E-state index is 11.4. The predicted octanol–water partition coefficient (Wildman–Crippen LogP) is 2.63. The minimum atomic E-state index is -0.908.